The number of thiazole rings is 1. The van der Waals surface area contributed by atoms with Crippen molar-refractivity contribution in [3.8, 4) is 16.3 Å². The first kappa shape index (κ1) is 17.6. The fraction of sp³-hybridized carbons (Fsp3) is 0.263. The Morgan fingerprint density at radius 1 is 1.24 bits per heavy atom. The van der Waals surface area contributed by atoms with E-state index >= 15 is 0 Å². The number of benzene rings is 1. The molecule has 0 atom stereocenters. The van der Waals surface area contributed by atoms with Gasteiger partial charge in [0.1, 0.15) is 5.75 Å². The van der Waals surface area contributed by atoms with E-state index in [0.717, 1.165) is 37.3 Å². The van der Waals surface area contributed by atoms with Crippen LogP contribution in [0.4, 0.5) is 0 Å². The highest BCUT2D eigenvalue weighted by Crippen LogP contribution is 2.29. The van der Waals surface area contributed by atoms with Gasteiger partial charge >= 0.3 is 0 Å². The van der Waals surface area contributed by atoms with Crippen molar-refractivity contribution in [1.82, 2.24) is 10.3 Å². The molecular weight excluding hydrogens is 352 g/mol. The number of methoxy groups -OCH3 is 1. The van der Waals surface area contributed by atoms with Crippen LogP contribution in [0.2, 0.25) is 0 Å². The van der Waals surface area contributed by atoms with Gasteiger partial charge in [-0.15, -0.1) is 22.7 Å². The summed E-state index contributed by atoms with van der Waals surface area (Å²) in [5, 5.41) is 6.11. The maximum absolute atomic E-state index is 12.3. The van der Waals surface area contributed by atoms with E-state index in [0.29, 0.717) is 13.0 Å². The summed E-state index contributed by atoms with van der Waals surface area (Å²) < 4.78 is 5.33. The molecule has 0 unspecified atom stereocenters. The molecule has 0 aliphatic rings. The lowest BCUT2D eigenvalue weighted by Crippen LogP contribution is -2.24. The van der Waals surface area contributed by atoms with Crippen LogP contribution < -0.4 is 10.1 Å². The zero-order valence-electron chi connectivity index (χ0n) is 14.5. The summed E-state index contributed by atoms with van der Waals surface area (Å²) in [6, 6.07) is 9.98. The minimum absolute atomic E-state index is 0.0108. The third-order valence-corrected chi connectivity index (χ3v) is 5.66. The number of carbonyl (C=O) groups excluding carboxylic acids is 1. The van der Waals surface area contributed by atoms with Crippen molar-refractivity contribution >= 4 is 28.6 Å². The van der Waals surface area contributed by atoms with Crippen molar-refractivity contribution in [2.45, 2.75) is 26.8 Å². The van der Waals surface area contributed by atoms with Crippen molar-refractivity contribution in [3.63, 3.8) is 0 Å². The minimum Gasteiger partial charge on any atom is -0.496 e. The zero-order chi connectivity index (χ0) is 17.8. The quantitative estimate of drug-likeness (QED) is 0.700. The van der Waals surface area contributed by atoms with Crippen LogP contribution >= 0.6 is 22.7 Å². The third-order valence-electron chi connectivity index (χ3n) is 3.78. The maximum Gasteiger partial charge on any atom is 0.224 e. The van der Waals surface area contributed by atoms with E-state index in [9.17, 15) is 4.79 Å². The van der Waals surface area contributed by atoms with Gasteiger partial charge < -0.3 is 10.1 Å². The lowest BCUT2D eigenvalue weighted by Gasteiger charge is -2.09. The van der Waals surface area contributed by atoms with Crippen LogP contribution in [0.5, 0.6) is 5.75 Å². The first-order valence-corrected chi connectivity index (χ1v) is 9.66. The van der Waals surface area contributed by atoms with Crippen LogP contribution in [-0.4, -0.2) is 18.0 Å². The van der Waals surface area contributed by atoms with Gasteiger partial charge in [-0.1, -0.05) is 17.7 Å². The number of aromatic nitrogens is 1. The van der Waals surface area contributed by atoms with Gasteiger partial charge in [-0.3, -0.25) is 4.79 Å². The summed E-state index contributed by atoms with van der Waals surface area (Å²) in [6.45, 7) is 4.54. The van der Waals surface area contributed by atoms with E-state index < -0.39 is 0 Å². The molecule has 25 heavy (non-hydrogen) atoms. The first-order chi connectivity index (χ1) is 12.0. The predicted molar refractivity (Wildman–Crippen MR) is 103 cm³/mol. The molecule has 0 aliphatic carbocycles. The van der Waals surface area contributed by atoms with E-state index in [1.54, 1.807) is 29.8 Å². The number of aryl methyl sites for hydroxylation is 2. The topological polar surface area (TPSA) is 51.2 Å². The second-order valence-corrected chi connectivity index (χ2v) is 8.02. The lowest BCUT2D eigenvalue weighted by atomic mass is 10.1. The number of rotatable bonds is 6. The summed E-state index contributed by atoms with van der Waals surface area (Å²) in [6.07, 6.45) is 0.314. The first-order valence-electron chi connectivity index (χ1n) is 7.96. The largest absolute Gasteiger partial charge is 0.496 e. The molecule has 4 nitrogen and oxygen atoms in total. The smallest absolute Gasteiger partial charge is 0.224 e. The fourth-order valence-corrected chi connectivity index (χ4v) is 4.15. The molecule has 0 radical (unpaired) electrons. The van der Waals surface area contributed by atoms with Gasteiger partial charge in [-0.25, -0.2) is 4.98 Å². The zero-order valence-corrected chi connectivity index (χ0v) is 16.1. The Bertz CT molecular complexity index is 883. The minimum atomic E-state index is -0.0108. The average Bonchev–Trinajstić information content (AvgIpc) is 3.22. The summed E-state index contributed by atoms with van der Waals surface area (Å²) in [5.41, 5.74) is 3.03. The number of thiophene rings is 1. The van der Waals surface area contributed by atoms with Crippen molar-refractivity contribution in [3.05, 3.63) is 56.7 Å². The molecule has 0 spiro atoms. The van der Waals surface area contributed by atoms with E-state index in [4.69, 9.17) is 4.74 Å². The highest BCUT2D eigenvalue weighted by atomic mass is 32.1. The molecule has 1 aromatic carbocycles. The third kappa shape index (κ3) is 4.46. The van der Waals surface area contributed by atoms with Crippen LogP contribution in [0, 0.1) is 13.8 Å². The van der Waals surface area contributed by atoms with Crippen molar-refractivity contribution < 1.29 is 9.53 Å². The molecule has 2 heterocycles. The van der Waals surface area contributed by atoms with Crippen LogP contribution in [-0.2, 0) is 17.8 Å². The standard InChI is InChI=1S/C19H20N2O2S2/c1-12-4-6-17(23-3)14(8-12)9-19(22)20-10-15-5-7-18(25-15)16-11-24-13(2)21-16/h4-8,11H,9-10H2,1-3H3,(H,20,22). The Kier molecular flexibility index (Phi) is 5.50. The van der Waals surface area contributed by atoms with E-state index in [1.807, 2.05) is 38.1 Å². The Labute approximate surface area is 155 Å². The monoisotopic (exact) mass is 372 g/mol. The molecule has 0 saturated carbocycles. The Hall–Kier alpha value is -2.18. The number of carbonyl (C=O) groups is 1. The summed E-state index contributed by atoms with van der Waals surface area (Å²) >= 11 is 3.31. The number of nitrogens with zero attached hydrogens (tertiary/aromatic N) is 1. The molecule has 130 valence electrons. The Morgan fingerprint density at radius 2 is 2.08 bits per heavy atom. The van der Waals surface area contributed by atoms with Gasteiger partial charge in [0.05, 0.1) is 35.7 Å². The number of hydrogen-bond donors (Lipinski definition) is 1. The van der Waals surface area contributed by atoms with Crippen molar-refractivity contribution in [2.24, 2.45) is 0 Å². The van der Waals surface area contributed by atoms with E-state index in [2.05, 4.69) is 21.7 Å². The molecule has 0 bridgehead atoms. The molecular formula is C19H20N2O2S2. The SMILES string of the molecule is COc1ccc(C)cc1CC(=O)NCc1ccc(-c2csc(C)n2)s1. The number of hydrogen-bond acceptors (Lipinski definition) is 5. The Balaban J connectivity index is 1.60. The normalized spacial score (nSPS) is 10.7. The highest BCUT2D eigenvalue weighted by molar-refractivity contribution is 7.16. The van der Waals surface area contributed by atoms with Gasteiger partial charge in [0.15, 0.2) is 0 Å². The van der Waals surface area contributed by atoms with Crippen LogP contribution in [0.15, 0.2) is 35.7 Å². The molecule has 1 amide bonds. The molecule has 0 saturated heterocycles. The average molecular weight is 373 g/mol. The van der Waals surface area contributed by atoms with Crippen molar-refractivity contribution in [2.75, 3.05) is 7.11 Å². The second kappa shape index (κ2) is 7.80. The van der Waals surface area contributed by atoms with Crippen LogP contribution in [0.25, 0.3) is 10.6 Å². The summed E-state index contributed by atoms with van der Waals surface area (Å²) in [4.78, 5) is 19.0. The second-order valence-electron chi connectivity index (χ2n) is 5.79. The molecule has 0 aliphatic heterocycles. The van der Waals surface area contributed by atoms with Gasteiger partial charge in [0.25, 0.3) is 0 Å². The molecule has 3 aromatic rings. The Morgan fingerprint density at radius 3 is 2.80 bits per heavy atom. The summed E-state index contributed by atoms with van der Waals surface area (Å²) in [7, 11) is 1.62. The van der Waals surface area contributed by atoms with Crippen LogP contribution in [0.3, 0.4) is 0 Å². The van der Waals surface area contributed by atoms with Gasteiger partial charge in [-0.2, -0.15) is 0 Å². The van der Waals surface area contributed by atoms with E-state index in [1.165, 1.54) is 0 Å². The fourth-order valence-electron chi connectivity index (χ4n) is 2.55. The van der Waals surface area contributed by atoms with Gasteiger partial charge in [-0.05, 0) is 32.0 Å². The van der Waals surface area contributed by atoms with Crippen LogP contribution in [0.1, 0.15) is 21.0 Å². The van der Waals surface area contributed by atoms with Gasteiger partial charge in [0.2, 0.25) is 5.91 Å². The highest BCUT2D eigenvalue weighted by Gasteiger charge is 2.10. The van der Waals surface area contributed by atoms with Crippen molar-refractivity contribution in [1.29, 1.82) is 0 Å². The maximum atomic E-state index is 12.3. The molecule has 3 rings (SSSR count). The summed E-state index contributed by atoms with van der Waals surface area (Å²) in [5.74, 6) is 0.737. The molecule has 6 heteroatoms. The molecule has 1 N–H and O–H groups in total. The lowest BCUT2D eigenvalue weighted by molar-refractivity contribution is -0.120. The van der Waals surface area contributed by atoms with E-state index in [-0.39, 0.29) is 5.91 Å². The molecule has 2 aromatic heterocycles. The molecule has 0 fully saturated rings. The van der Waals surface area contributed by atoms with Gasteiger partial charge in [0, 0.05) is 15.8 Å². The number of nitrogens with one attached hydrogen (secondary N) is 1. The predicted octanol–water partition coefficient (Wildman–Crippen LogP) is 4.36. The number of ether oxygens (including phenoxy) is 1. The number of amides is 1.